The van der Waals surface area contributed by atoms with Gasteiger partial charge in [-0.25, -0.2) is 0 Å². The Hall–Kier alpha value is -1.59. The van der Waals surface area contributed by atoms with E-state index in [1.165, 1.54) is 0 Å². The van der Waals surface area contributed by atoms with Gasteiger partial charge in [-0.1, -0.05) is 23.7 Å². The zero-order chi connectivity index (χ0) is 16.4. The Labute approximate surface area is 140 Å². The monoisotopic (exact) mass is 337 g/mol. The summed E-state index contributed by atoms with van der Waals surface area (Å²) >= 11 is 6.12. The second-order valence-corrected chi connectivity index (χ2v) is 6.72. The minimum absolute atomic E-state index is 0.00631. The van der Waals surface area contributed by atoms with Gasteiger partial charge in [0.1, 0.15) is 0 Å². The molecule has 0 aliphatic carbocycles. The normalized spacial score (nSPS) is 23.7. The first-order chi connectivity index (χ1) is 11.0. The van der Waals surface area contributed by atoms with Crippen LogP contribution >= 0.6 is 11.6 Å². The average molecular weight is 338 g/mol. The number of benzene rings is 1. The van der Waals surface area contributed by atoms with Gasteiger partial charge in [-0.15, -0.1) is 0 Å². The Morgan fingerprint density at radius 2 is 2.04 bits per heavy atom. The molecular formula is C17H20ClNO4. The smallest absolute Gasteiger partial charge is 0.308 e. The van der Waals surface area contributed by atoms with Crippen LogP contribution in [0.5, 0.6) is 0 Å². The van der Waals surface area contributed by atoms with Crippen LogP contribution in [-0.4, -0.2) is 48.2 Å². The Bertz CT molecular complexity index is 612. The fourth-order valence-electron chi connectivity index (χ4n) is 3.58. The molecule has 0 spiro atoms. The number of carboxylic acids is 1. The standard InChI is InChI=1S/C17H20ClNO4/c18-14-3-1-2-13(10-14)17(5-8-23-9-6-17)16(22)19-7-4-12(11-19)15(20)21/h1-3,10,12H,4-9,11H2,(H,20,21)/t12-/m0/s1. The molecule has 2 saturated heterocycles. The van der Waals surface area contributed by atoms with Crippen LogP contribution in [0.25, 0.3) is 0 Å². The molecule has 3 rings (SSSR count). The molecule has 1 N–H and O–H groups in total. The highest BCUT2D eigenvalue weighted by molar-refractivity contribution is 6.30. The molecule has 0 bridgehead atoms. The third-order valence-electron chi connectivity index (χ3n) is 4.96. The predicted octanol–water partition coefficient (Wildman–Crippen LogP) is 2.32. The predicted molar refractivity (Wildman–Crippen MR) is 85.5 cm³/mol. The lowest BCUT2D eigenvalue weighted by Gasteiger charge is -2.39. The van der Waals surface area contributed by atoms with E-state index < -0.39 is 17.3 Å². The molecule has 6 heteroatoms. The van der Waals surface area contributed by atoms with Crippen LogP contribution in [0.15, 0.2) is 24.3 Å². The van der Waals surface area contributed by atoms with Crippen molar-refractivity contribution in [2.45, 2.75) is 24.7 Å². The third kappa shape index (κ3) is 3.08. The quantitative estimate of drug-likeness (QED) is 0.919. The Morgan fingerprint density at radius 1 is 1.30 bits per heavy atom. The molecule has 0 radical (unpaired) electrons. The van der Waals surface area contributed by atoms with Crippen molar-refractivity contribution in [1.82, 2.24) is 4.90 Å². The maximum absolute atomic E-state index is 13.2. The van der Waals surface area contributed by atoms with Crippen LogP contribution in [0.4, 0.5) is 0 Å². The highest BCUT2D eigenvalue weighted by Gasteiger charge is 2.46. The molecule has 5 nitrogen and oxygen atoms in total. The van der Waals surface area contributed by atoms with Crippen LogP contribution in [0.2, 0.25) is 5.02 Å². The van der Waals surface area contributed by atoms with Crippen molar-refractivity contribution in [2.24, 2.45) is 5.92 Å². The fourth-order valence-corrected chi connectivity index (χ4v) is 3.77. The number of hydrogen-bond acceptors (Lipinski definition) is 3. The second kappa shape index (κ2) is 6.49. The molecule has 0 unspecified atom stereocenters. The minimum atomic E-state index is -0.830. The molecule has 2 heterocycles. The van der Waals surface area contributed by atoms with Gasteiger partial charge in [0.15, 0.2) is 0 Å². The van der Waals surface area contributed by atoms with Crippen molar-refractivity contribution in [1.29, 1.82) is 0 Å². The van der Waals surface area contributed by atoms with Crippen LogP contribution in [0, 0.1) is 5.92 Å². The van der Waals surface area contributed by atoms with E-state index in [0.717, 1.165) is 5.56 Å². The van der Waals surface area contributed by atoms with Gasteiger partial charge in [-0.3, -0.25) is 9.59 Å². The van der Waals surface area contributed by atoms with E-state index >= 15 is 0 Å². The first kappa shape index (κ1) is 16.3. The average Bonchev–Trinajstić information content (AvgIpc) is 3.05. The molecule has 0 saturated carbocycles. The number of likely N-dealkylation sites (tertiary alicyclic amines) is 1. The Morgan fingerprint density at radius 3 is 2.65 bits per heavy atom. The highest BCUT2D eigenvalue weighted by Crippen LogP contribution is 2.39. The number of carbonyl (C=O) groups is 2. The van der Waals surface area contributed by atoms with Gasteiger partial charge >= 0.3 is 5.97 Å². The number of carbonyl (C=O) groups excluding carboxylic acids is 1. The Balaban J connectivity index is 1.90. The summed E-state index contributed by atoms with van der Waals surface area (Å²) in [6.07, 6.45) is 1.71. The fraction of sp³-hybridized carbons (Fsp3) is 0.529. The maximum Gasteiger partial charge on any atom is 0.308 e. The summed E-state index contributed by atoms with van der Waals surface area (Å²) in [5.74, 6) is -1.29. The summed E-state index contributed by atoms with van der Waals surface area (Å²) in [6, 6.07) is 7.42. The highest BCUT2D eigenvalue weighted by atomic mass is 35.5. The number of hydrogen-bond donors (Lipinski definition) is 1. The van der Waals surface area contributed by atoms with Gasteiger partial charge in [0, 0.05) is 31.3 Å². The summed E-state index contributed by atoms with van der Waals surface area (Å²) in [4.78, 5) is 26.1. The molecule has 1 aromatic rings. The summed E-state index contributed by atoms with van der Waals surface area (Å²) in [7, 11) is 0. The number of rotatable bonds is 3. The van der Waals surface area contributed by atoms with Crippen molar-refractivity contribution in [3.63, 3.8) is 0 Å². The SMILES string of the molecule is O=C(O)[C@H]1CCN(C(=O)C2(c3cccc(Cl)c3)CCOCC2)C1. The topological polar surface area (TPSA) is 66.8 Å². The molecule has 2 fully saturated rings. The van der Waals surface area contributed by atoms with Crippen molar-refractivity contribution in [3.05, 3.63) is 34.9 Å². The van der Waals surface area contributed by atoms with Gasteiger partial charge in [0.25, 0.3) is 0 Å². The molecule has 2 aliphatic rings. The van der Waals surface area contributed by atoms with E-state index in [2.05, 4.69) is 0 Å². The Kier molecular flexibility index (Phi) is 4.60. The van der Waals surface area contributed by atoms with Crippen molar-refractivity contribution in [3.8, 4) is 0 Å². The van der Waals surface area contributed by atoms with Crippen LogP contribution in [-0.2, 0) is 19.7 Å². The van der Waals surface area contributed by atoms with Gasteiger partial charge in [-0.2, -0.15) is 0 Å². The van der Waals surface area contributed by atoms with Crippen molar-refractivity contribution >= 4 is 23.5 Å². The summed E-state index contributed by atoms with van der Waals surface area (Å²) in [5, 5.41) is 9.77. The van der Waals surface area contributed by atoms with Crippen LogP contribution in [0.3, 0.4) is 0 Å². The van der Waals surface area contributed by atoms with E-state index in [1.807, 2.05) is 18.2 Å². The molecular weight excluding hydrogens is 318 g/mol. The molecule has 0 aromatic heterocycles. The van der Waals surface area contributed by atoms with Gasteiger partial charge in [0.2, 0.25) is 5.91 Å². The van der Waals surface area contributed by atoms with E-state index in [4.69, 9.17) is 21.4 Å². The molecule has 124 valence electrons. The number of halogens is 1. The largest absolute Gasteiger partial charge is 0.481 e. The molecule has 2 aliphatic heterocycles. The number of nitrogens with zero attached hydrogens (tertiary/aromatic N) is 1. The molecule has 1 atom stereocenters. The van der Waals surface area contributed by atoms with E-state index in [1.54, 1.807) is 11.0 Å². The number of ether oxygens (including phenoxy) is 1. The second-order valence-electron chi connectivity index (χ2n) is 6.28. The van der Waals surface area contributed by atoms with Crippen LogP contribution in [0.1, 0.15) is 24.8 Å². The molecule has 23 heavy (non-hydrogen) atoms. The van der Waals surface area contributed by atoms with Crippen molar-refractivity contribution < 1.29 is 19.4 Å². The summed E-state index contributed by atoms with van der Waals surface area (Å²) in [5.41, 5.74) is 0.244. The summed E-state index contributed by atoms with van der Waals surface area (Å²) < 4.78 is 5.45. The van der Waals surface area contributed by atoms with Gasteiger partial charge < -0.3 is 14.7 Å². The van der Waals surface area contributed by atoms with Gasteiger partial charge in [-0.05, 0) is 37.0 Å². The first-order valence-electron chi connectivity index (χ1n) is 7.89. The molecule has 1 amide bonds. The maximum atomic E-state index is 13.2. The van der Waals surface area contributed by atoms with Gasteiger partial charge in [0.05, 0.1) is 11.3 Å². The first-order valence-corrected chi connectivity index (χ1v) is 8.27. The molecule has 1 aromatic carbocycles. The lowest BCUT2D eigenvalue weighted by atomic mass is 9.73. The summed E-state index contributed by atoms with van der Waals surface area (Å²) in [6.45, 7) is 1.83. The van der Waals surface area contributed by atoms with E-state index in [-0.39, 0.29) is 12.5 Å². The lowest BCUT2D eigenvalue weighted by molar-refractivity contribution is -0.143. The van der Waals surface area contributed by atoms with E-state index in [9.17, 15) is 9.59 Å². The minimum Gasteiger partial charge on any atom is -0.481 e. The number of aliphatic carboxylic acids is 1. The lowest BCUT2D eigenvalue weighted by Crippen LogP contribution is -2.49. The van der Waals surface area contributed by atoms with E-state index in [0.29, 0.717) is 44.0 Å². The number of amides is 1. The zero-order valence-corrected chi connectivity index (χ0v) is 13.6. The number of carboxylic acid groups (broad SMARTS) is 1. The van der Waals surface area contributed by atoms with Crippen molar-refractivity contribution in [2.75, 3.05) is 26.3 Å². The van der Waals surface area contributed by atoms with Crippen LogP contribution < -0.4 is 0 Å². The zero-order valence-electron chi connectivity index (χ0n) is 12.8. The third-order valence-corrected chi connectivity index (χ3v) is 5.19.